The molecule has 0 bridgehead atoms. The molecule has 2 N–H and O–H groups in total. The average molecular weight is 484 g/mol. The Morgan fingerprint density at radius 3 is 2.50 bits per heavy atom. The van der Waals surface area contributed by atoms with E-state index in [0.29, 0.717) is 16.8 Å². The number of fused-ring (bicyclic) bond motifs is 1. The fraction of sp³-hybridized carbons (Fsp3) is 0.320. The number of benzene rings is 2. The number of rotatable bonds is 3. The minimum Gasteiger partial charge on any atom is -0.508 e. The summed E-state index contributed by atoms with van der Waals surface area (Å²) in [5, 5.41) is 12.9. The first-order chi connectivity index (χ1) is 16.2. The number of allylic oxidation sites excluding steroid dienone is 1. The van der Waals surface area contributed by atoms with E-state index in [1.165, 1.54) is 32.4 Å². The van der Waals surface area contributed by atoms with Crippen LogP contribution in [0.15, 0.2) is 41.6 Å². The molecule has 5 rings (SSSR count). The summed E-state index contributed by atoms with van der Waals surface area (Å²) in [6, 6.07) is 7.90. The van der Waals surface area contributed by atoms with Gasteiger partial charge in [0.1, 0.15) is 27.8 Å². The molecule has 0 radical (unpaired) electrons. The molecular formula is C25H22ClNO7. The molecule has 0 saturated carbocycles. The second-order valence-electron chi connectivity index (χ2n) is 8.69. The number of hydrogen-bond acceptors (Lipinski definition) is 7. The number of nitrogens with one attached hydrogen (secondary N) is 1. The Morgan fingerprint density at radius 1 is 1.09 bits per heavy atom. The summed E-state index contributed by atoms with van der Waals surface area (Å²) in [4.78, 5) is 40.6. The van der Waals surface area contributed by atoms with E-state index in [1.807, 2.05) is 0 Å². The molecule has 2 aliphatic heterocycles. The highest BCUT2D eigenvalue weighted by molar-refractivity contribution is 6.36. The zero-order valence-electron chi connectivity index (χ0n) is 18.7. The van der Waals surface area contributed by atoms with Gasteiger partial charge in [0.05, 0.1) is 14.2 Å². The van der Waals surface area contributed by atoms with Crippen LogP contribution in [-0.4, -0.2) is 42.4 Å². The Labute approximate surface area is 200 Å². The van der Waals surface area contributed by atoms with Crippen molar-refractivity contribution in [2.24, 2.45) is 5.92 Å². The fourth-order valence-corrected chi connectivity index (χ4v) is 5.48. The number of Topliss-reactive ketones (excluding diaryl/α,β-unsaturated/α-hetero) is 2. The van der Waals surface area contributed by atoms with E-state index in [4.69, 9.17) is 25.8 Å². The van der Waals surface area contributed by atoms with Crippen molar-refractivity contribution in [2.75, 3.05) is 14.2 Å². The van der Waals surface area contributed by atoms with Gasteiger partial charge in [-0.2, -0.15) is 0 Å². The van der Waals surface area contributed by atoms with Gasteiger partial charge in [-0.3, -0.25) is 14.4 Å². The van der Waals surface area contributed by atoms with Crippen LogP contribution >= 0.6 is 11.6 Å². The van der Waals surface area contributed by atoms with Gasteiger partial charge >= 0.3 is 0 Å². The molecule has 2 aromatic rings. The number of ether oxygens (including phenoxy) is 3. The third-order valence-corrected chi connectivity index (χ3v) is 7.19. The van der Waals surface area contributed by atoms with Crippen LogP contribution in [0.4, 0.5) is 0 Å². The number of halogens is 1. The molecular weight excluding hydrogens is 462 g/mol. The van der Waals surface area contributed by atoms with E-state index >= 15 is 0 Å². The summed E-state index contributed by atoms with van der Waals surface area (Å²) in [5.74, 6) is -2.05. The Kier molecular flexibility index (Phi) is 5.09. The number of carbonyl (C=O) groups excluding carboxylic acids is 3. The molecule has 9 heteroatoms. The summed E-state index contributed by atoms with van der Waals surface area (Å²) in [7, 11) is 2.83. The predicted molar refractivity (Wildman–Crippen MR) is 122 cm³/mol. The van der Waals surface area contributed by atoms with Crippen molar-refractivity contribution in [2.45, 2.75) is 31.3 Å². The molecule has 0 saturated heterocycles. The van der Waals surface area contributed by atoms with Crippen LogP contribution in [0.2, 0.25) is 5.02 Å². The second kappa shape index (κ2) is 7.77. The van der Waals surface area contributed by atoms with Crippen LogP contribution in [0.25, 0.3) is 0 Å². The molecule has 1 spiro atoms. The number of amides is 1. The van der Waals surface area contributed by atoms with E-state index < -0.39 is 29.0 Å². The van der Waals surface area contributed by atoms with Gasteiger partial charge in [0, 0.05) is 35.6 Å². The smallest absolute Gasteiger partial charge is 0.236 e. The highest BCUT2D eigenvalue weighted by Crippen LogP contribution is 2.55. The highest BCUT2D eigenvalue weighted by atomic mass is 35.5. The number of ketones is 2. The lowest BCUT2D eigenvalue weighted by molar-refractivity contribution is -0.131. The van der Waals surface area contributed by atoms with Crippen molar-refractivity contribution in [3.63, 3.8) is 0 Å². The summed E-state index contributed by atoms with van der Waals surface area (Å²) in [6.45, 7) is 1.73. The Hall–Kier alpha value is -3.52. The lowest BCUT2D eigenvalue weighted by Gasteiger charge is -2.41. The number of phenols is 1. The number of aromatic hydroxyl groups is 1. The molecule has 0 fully saturated rings. The van der Waals surface area contributed by atoms with Gasteiger partial charge < -0.3 is 24.6 Å². The number of phenolic OH excluding ortho intramolecular Hbond substituents is 1. The van der Waals surface area contributed by atoms with Gasteiger partial charge in [-0.1, -0.05) is 30.7 Å². The zero-order valence-corrected chi connectivity index (χ0v) is 19.5. The van der Waals surface area contributed by atoms with Gasteiger partial charge in [0.15, 0.2) is 5.75 Å². The molecule has 2 heterocycles. The van der Waals surface area contributed by atoms with Crippen molar-refractivity contribution in [1.82, 2.24) is 5.32 Å². The molecule has 176 valence electrons. The van der Waals surface area contributed by atoms with Gasteiger partial charge in [-0.05, 0) is 24.1 Å². The quantitative estimate of drug-likeness (QED) is 0.642. The van der Waals surface area contributed by atoms with Gasteiger partial charge in [0.2, 0.25) is 23.1 Å². The predicted octanol–water partition coefficient (Wildman–Crippen LogP) is 3.54. The number of carbonyl (C=O) groups is 3. The van der Waals surface area contributed by atoms with E-state index in [-0.39, 0.29) is 52.3 Å². The first kappa shape index (κ1) is 22.3. The fourth-order valence-electron chi connectivity index (χ4n) is 5.22. The monoisotopic (exact) mass is 483 g/mol. The average Bonchev–Trinajstić information content (AvgIpc) is 3.12. The summed E-state index contributed by atoms with van der Waals surface area (Å²) >= 11 is 6.48. The largest absolute Gasteiger partial charge is 0.508 e. The number of methoxy groups -OCH3 is 2. The van der Waals surface area contributed by atoms with Crippen LogP contribution in [0, 0.1) is 5.92 Å². The molecule has 0 aromatic heterocycles. The first-order valence-electron chi connectivity index (χ1n) is 10.8. The molecule has 0 unspecified atom stereocenters. The minimum absolute atomic E-state index is 0.00245. The Bertz CT molecular complexity index is 1300. The van der Waals surface area contributed by atoms with Crippen LogP contribution < -0.4 is 19.5 Å². The standard InChI is InChI=1S/C25H22ClNO7/c1-11-7-15-19(14(9-18(29)27-15)12-5-4-6-13(28)8-12)23(30)25(11)24(31)20-16(32-2)10-17(33-3)21(26)22(20)34-25/h4-6,8,10-11,14,28H,7,9H2,1-3H3,(H,27,29)/t11-,14+,25+/m1/s1. The van der Waals surface area contributed by atoms with E-state index in [0.717, 1.165) is 0 Å². The maximum absolute atomic E-state index is 14.2. The SMILES string of the molecule is COc1cc(OC)c2c(c1Cl)O[C@@]1(C(=O)C3=C(C[C@H]1C)NC(=O)C[C@H]3c1cccc(O)c1)C2=O. The van der Waals surface area contributed by atoms with Crippen molar-refractivity contribution in [3.8, 4) is 23.0 Å². The molecule has 1 aliphatic carbocycles. The van der Waals surface area contributed by atoms with E-state index in [2.05, 4.69) is 5.32 Å². The van der Waals surface area contributed by atoms with E-state index in [9.17, 15) is 19.5 Å². The lowest BCUT2D eigenvalue weighted by Crippen LogP contribution is -2.59. The first-order valence-corrected chi connectivity index (χ1v) is 11.2. The lowest BCUT2D eigenvalue weighted by atomic mass is 9.66. The molecule has 8 nitrogen and oxygen atoms in total. The van der Waals surface area contributed by atoms with Gasteiger partial charge in [-0.15, -0.1) is 0 Å². The molecule has 1 amide bonds. The van der Waals surface area contributed by atoms with E-state index in [1.54, 1.807) is 19.1 Å². The van der Waals surface area contributed by atoms with Crippen molar-refractivity contribution >= 4 is 29.1 Å². The van der Waals surface area contributed by atoms with Gasteiger partial charge in [-0.25, -0.2) is 0 Å². The minimum atomic E-state index is -1.86. The van der Waals surface area contributed by atoms with Crippen LogP contribution in [0.1, 0.15) is 41.6 Å². The van der Waals surface area contributed by atoms with Crippen LogP contribution in [-0.2, 0) is 9.59 Å². The van der Waals surface area contributed by atoms with Gasteiger partial charge in [0.25, 0.3) is 0 Å². The highest BCUT2D eigenvalue weighted by Gasteiger charge is 2.63. The summed E-state index contributed by atoms with van der Waals surface area (Å²) in [5.41, 5.74) is -0.407. The molecule has 2 aromatic carbocycles. The molecule has 3 atom stereocenters. The second-order valence-corrected chi connectivity index (χ2v) is 9.07. The summed E-state index contributed by atoms with van der Waals surface area (Å²) in [6.07, 6.45) is 0.233. The van der Waals surface area contributed by atoms with Crippen molar-refractivity contribution < 1.29 is 33.7 Å². The third kappa shape index (κ3) is 2.94. The Balaban J connectivity index is 1.68. The van der Waals surface area contributed by atoms with Crippen LogP contribution in [0.5, 0.6) is 23.0 Å². The normalized spacial score (nSPS) is 25.6. The maximum atomic E-state index is 14.2. The maximum Gasteiger partial charge on any atom is 0.236 e. The summed E-state index contributed by atoms with van der Waals surface area (Å²) < 4.78 is 16.9. The Morgan fingerprint density at radius 2 is 1.82 bits per heavy atom. The molecule has 3 aliphatic rings. The van der Waals surface area contributed by atoms with Crippen LogP contribution in [0.3, 0.4) is 0 Å². The molecule has 34 heavy (non-hydrogen) atoms. The topological polar surface area (TPSA) is 111 Å². The number of hydrogen-bond donors (Lipinski definition) is 2. The van der Waals surface area contributed by atoms with Crippen molar-refractivity contribution in [3.05, 3.63) is 57.8 Å². The third-order valence-electron chi connectivity index (χ3n) is 6.83. The zero-order chi connectivity index (χ0) is 24.4. The van der Waals surface area contributed by atoms with Crippen molar-refractivity contribution in [1.29, 1.82) is 0 Å².